The molecule has 1 saturated heterocycles. The fraction of sp³-hybridized carbons (Fsp3) is 0.438. The number of likely N-dealkylation sites (tertiary alicyclic amines) is 1. The van der Waals surface area contributed by atoms with E-state index < -0.39 is 43.0 Å². The Hall–Kier alpha value is -2.58. The minimum Gasteiger partial charge on any atom is -0.481 e. The second-order valence-electron chi connectivity index (χ2n) is 6.08. The van der Waals surface area contributed by atoms with E-state index in [1.165, 1.54) is 29.2 Å². The number of carbonyl (C=O) groups excluding carboxylic acids is 2. The summed E-state index contributed by atoms with van der Waals surface area (Å²) in [5.41, 5.74) is 0.432. The molecule has 1 N–H and O–H groups in total. The van der Waals surface area contributed by atoms with E-state index in [0.29, 0.717) is 5.56 Å². The van der Waals surface area contributed by atoms with Gasteiger partial charge < -0.3 is 14.9 Å². The van der Waals surface area contributed by atoms with Gasteiger partial charge in [0.1, 0.15) is 0 Å². The van der Waals surface area contributed by atoms with Gasteiger partial charge in [-0.3, -0.25) is 14.4 Å². The predicted molar refractivity (Wildman–Crippen MR) is 81.0 cm³/mol. The number of carboxylic acids is 1. The van der Waals surface area contributed by atoms with Crippen molar-refractivity contribution in [2.24, 2.45) is 11.8 Å². The van der Waals surface area contributed by atoms with E-state index in [-0.39, 0.29) is 11.5 Å². The Bertz CT molecular complexity index is 686. The molecule has 0 aliphatic carbocycles. The van der Waals surface area contributed by atoms with E-state index in [0.717, 1.165) is 4.90 Å². The van der Waals surface area contributed by atoms with Gasteiger partial charge in [-0.15, -0.1) is 0 Å². The van der Waals surface area contributed by atoms with Crippen molar-refractivity contribution in [2.45, 2.75) is 6.18 Å². The Labute approximate surface area is 141 Å². The zero-order valence-corrected chi connectivity index (χ0v) is 13.6. The van der Waals surface area contributed by atoms with Gasteiger partial charge in [-0.2, -0.15) is 13.2 Å². The third-order valence-electron chi connectivity index (χ3n) is 4.13. The van der Waals surface area contributed by atoms with Crippen LogP contribution >= 0.6 is 0 Å². The van der Waals surface area contributed by atoms with Crippen LogP contribution in [-0.4, -0.2) is 66.1 Å². The van der Waals surface area contributed by atoms with Gasteiger partial charge in [0, 0.05) is 38.3 Å². The molecule has 2 amide bonds. The molecule has 2 atom stereocenters. The van der Waals surface area contributed by atoms with Gasteiger partial charge in [0.25, 0.3) is 11.8 Å². The smallest absolute Gasteiger partial charge is 0.394 e. The topological polar surface area (TPSA) is 77.9 Å². The van der Waals surface area contributed by atoms with Crippen LogP contribution in [0.3, 0.4) is 0 Å². The molecule has 1 heterocycles. The first-order chi connectivity index (χ1) is 11.5. The van der Waals surface area contributed by atoms with Crippen LogP contribution in [0, 0.1) is 11.8 Å². The van der Waals surface area contributed by atoms with Crippen LogP contribution in [0.15, 0.2) is 24.3 Å². The number of halogens is 3. The van der Waals surface area contributed by atoms with E-state index >= 15 is 0 Å². The van der Waals surface area contributed by atoms with Gasteiger partial charge in [0.2, 0.25) is 0 Å². The largest absolute Gasteiger partial charge is 0.481 e. The molecule has 9 heteroatoms. The number of aliphatic carboxylic acids is 1. The molecule has 136 valence electrons. The average molecular weight is 358 g/mol. The lowest BCUT2D eigenvalue weighted by Gasteiger charge is -2.18. The fourth-order valence-electron chi connectivity index (χ4n) is 2.75. The summed E-state index contributed by atoms with van der Waals surface area (Å²) in [5, 5.41) is 8.99. The van der Waals surface area contributed by atoms with Crippen LogP contribution in [0.1, 0.15) is 20.7 Å². The average Bonchev–Trinajstić information content (AvgIpc) is 2.99. The van der Waals surface area contributed by atoms with E-state index in [2.05, 4.69) is 0 Å². The van der Waals surface area contributed by atoms with Crippen molar-refractivity contribution in [1.29, 1.82) is 0 Å². The van der Waals surface area contributed by atoms with Gasteiger partial charge >= 0.3 is 12.1 Å². The number of nitrogens with zero attached hydrogens (tertiary/aromatic N) is 2. The maximum absolute atomic E-state index is 13.0. The Morgan fingerprint density at radius 2 is 1.60 bits per heavy atom. The lowest BCUT2D eigenvalue weighted by atomic mass is 9.96. The monoisotopic (exact) mass is 358 g/mol. The minimum absolute atomic E-state index is 0.0993. The lowest BCUT2D eigenvalue weighted by Crippen LogP contribution is -2.34. The van der Waals surface area contributed by atoms with Crippen LogP contribution in [0.4, 0.5) is 13.2 Å². The van der Waals surface area contributed by atoms with Crippen molar-refractivity contribution < 1.29 is 32.7 Å². The van der Waals surface area contributed by atoms with Crippen LogP contribution in [0.2, 0.25) is 0 Å². The number of alkyl halides is 3. The van der Waals surface area contributed by atoms with E-state index in [4.69, 9.17) is 5.11 Å². The molecule has 0 saturated carbocycles. The van der Waals surface area contributed by atoms with Crippen molar-refractivity contribution in [2.75, 3.05) is 27.2 Å². The minimum atomic E-state index is -4.69. The highest BCUT2D eigenvalue weighted by molar-refractivity contribution is 5.98. The molecule has 1 aromatic rings. The van der Waals surface area contributed by atoms with Crippen LogP contribution in [0.25, 0.3) is 0 Å². The quantitative estimate of drug-likeness (QED) is 0.893. The summed E-state index contributed by atoms with van der Waals surface area (Å²) < 4.78 is 39.0. The molecule has 25 heavy (non-hydrogen) atoms. The molecule has 1 aliphatic rings. The second-order valence-corrected chi connectivity index (χ2v) is 6.08. The van der Waals surface area contributed by atoms with Crippen molar-refractivity contribution in [1.82, 2.24) is 9.80 Å². The molecular formula is C16H17F3N2O4. The number of benzene rings is 1. The highest BCUT2D eigenvalue weighted by atomic mass is 19.4. The molecule has 0 unspecified atom stereocenters. The van der Waals surface area contributed by atoms with Crippen LogP contribution in [-0.2, 0) is 4.79 Å². The second kappa shape index (κ2) is 6.73. The SMILES string of the molecule is CN(C)C(=O)c1ccc(C(=O)N2C[C@@H](C(F)(F)F)[C@H](C(=O)O)C2)cc1. The lowest BCUT2D eigenvalue weighted by molar-refractivity contribution is -0.187. The maximum atomic E-state index is 13.0. The Morgan fingerprint density at radius 3 is 2.00 bits per heavy atom. The van der Waals surface area contributed by atoms with E-state index in [1.807, 2.05) is 0 Å². The summed E-state index contributed by atoms with van der Waals surface area (Å²) in [6, 6.07) is 5.49. The van der Waals surface area contributed by atoms with Crippen molar-refractivity contribution in [3.8, 4) is 0 Å². The Balaban J connectivity index is 2.18. The summed E-state index contributed by atoms with van der Waals surface area (Å²) in [7, 11) is 3.13. The summed E-state index contributed by atoms with van der Waals surface area (Å²) in [6.45, 7) is -1.20. The van der Waals surface area contributed by atoms with Crippen molar-refractivity contribution in [3.63, 3.8) is 0 Å². The van der Waals surface area contributed by atoms with Gasteiger partial charge in [-0.1, -0.05) is 0 Å². The van der Waals surface area contributed by atoms with Gasteiger partial charge in [-0.05, 0) is 24.3 Å². The highest BCUT2D eigenvalue weighted by Gasteiger charge is 2.53. The molecule has 1 aliphatic heterocycles. The third kappa shape index (κ3) is 3.92. The molecular weight excluding hydrogens is 341 g/mol. The third-order valence-corrected chi connectivity index (χ3v) is 4.13. The first kappa shape index (κ1) is 18.8. The van der Waals surface area contributed by atoms with Crippen LogP contribution < -0.4 is 0 Å². The molecule has 0 radical (unpaired) electrons. The van der Waals surface area contributed by atoms with Crippen molar-refractivity contribution in [3.05, 3.63) is 35.4 Å². The fourth-order valence-corrected chi connectivity index (χ4v) is 2.75. The first-order valence-corrected chi connectivity index (χ1v) is 7.43. The standard InChI is InChI=1S/C16H17F3N2O4/c1-20(2)13(22)9-3-5-10(6-4-9)14(23)21-7-11(15(24)25)12(8-21)16(17,18)19/h3-6,11-12H,7-8H2,1-2H3,(H,24,25)/t11-,12-/m1/s1. The van der Waals surface area contributed by atoms with Gasteiger partial charge in [0.05, 0.1) is 11.8 Å². The number of carboxylic acid groups (broad SMARTS) is 1. The summed E-state index contributed by atoms with van der Waals surface area (Å²) >= 11 is 0. The summed E-state index contributed by atoms with van der Waals surface area (Å²) in [5.74, 6) is -6.32. The highest BCUT2D eigenvalue weighted by Crippen LogP contribution is 2.38. The van der Waals surface area contributed by atoms with E-state index in [1.54, 1.807) is 14.1 Å². The van der Waals surface area contributed by atoms with Gasteiger partial charge in [0.15, 0.2) is 0 Å². The molecule has 0 bridgehead atoms. The number of amides is 2. The summed E-state index contributed by atoms with van der Waals surface area (Å²) in [6.07, 6.45) is -4.69. The molecule has 1 fully saturated rings. The van der Waals surface area contributed by atoms with Gasteiger partial charge in [-0.25, -0.2) is 0 Å². The predicted octanol–water partition coefficient (Wildman–Crippen LogP) is 1.72. The maximum Gasteiger partial charge on any atom is 0.394 e. The molecule has 0 spiro atoms. The zero-order chi connectivity index (χ0) is 18.9. The molecule has 1 aromatic carbocycles. The van der Waals surface area contributed by atoms with Crippen molar-refractivity contribution >= 4 is 17.8 Å². The van der Waals surface area contributed by atoms with Crippen LogP contribution in [0.5, 0.6) is 0 Å². The normalized spacial score (nSPS) is 20.4. The zero-order valence-electron chi connectivity index (χ0n) is 13.6. The number of hydrogen-bond donors (Lipinski definition) is 1. The number of rotatable bonds is 3. The molecule has 6 nitrogen and oxygen atoms in total. The number of carbonyl (C=O) groups is 3. The molecule has 0 aromatic heterocycles. The summed E-state index contributed by atoms with van der Waals surface area (Å²) in [4.78, 5) is 37.5. The first-order valence-electron chi connectivity index (χ1n) is 7.43. The van der Waals surface area contributed by atoms with E-state index in [9.17, 15) is 27.6 Å². The molecule has 2 rings (SSSR count). The Morgan fingerprint density at radius 1 is 1.08 bits per heavy atom. The number of hydrogen-bond acceptors (Lipinski definition) is 3. The Kier molecular flexibility index (Phi) is 5.05.